The second kappa shape index (κ2) is 5.42. The number of benzene rings is 1. The third-order valence-corrected chi connectivity index (χ3v) is 3.28. The molecule has 2 rings (SSSR count). The van der Waals surface area contributed by atoms with Gasteiger partial charge in [-0.1, -0.05) is 18.2 Å². The Morgan fingerprint density at radius 1 is 1.37 bits per heavy atom. The number of hydrogen-bond acceptors (Lipinski definition) is 4. The van der Waals surface area contributed by atoms with Gasteiger partial charge in [0.1, 0.15) is 11.6 Å². The monoisotopic (exact) mass is 262 g/mol. The second-order valence-corrected chi connectivity index (χ2v) is 4.70. The zero-order valence-electron chi connectivity index (χ0n) is 11.3. The Labute approximate surface area is 111 Å². The molecular formula is C14H18N2O3. The molecule has 0 amide bonds. The van der Waals surface area contributed by atoms with E-state index < -0.39 is 12.0 Å². The number of furan rings is 1. The van der Waals surface area contributed by atoms with Crippen molar-refractivity contribution in [2.75, 3.05) is 21.1 Å². The molecule has 2 unspecified atom stereocenters. The van der Waals surface area contributed by atoms with Gasteiger partial charge in [-0.25, -0.2) is 0 Å². The molecule has 0 aliphatic rings. The molecule has 102 valence electrons. The molecule has 2 atom stereocenters. The molecule has 1 aromatic carbocycles. The van der Waals surface area contributed by atoms with E-state index in [4.69, 9.17) is 4.42 Å². The predicted octanol–water partition coefficient (Wildman–Crippen LogP) is 1.71. The largest absolute Gasteiger partial charge is 0.480 e. The van der Waals surface area contributed by atoms with Gasteiger partial charge in [0.05, 0.1) is 12.3 Å². The Kier molecular flexibility index (Phi) is 3.87. The molecule has 0 spiro atoms. The molecule has 0 aliphatic heterocycles. The average Bonchev–Trinajstić information content (AvgIpc) is 2.78. The minimum Gasteiger partial charge on any atom is -0.480 e. The minimum atomic E-state index is -0.883. The molecule has 0 radical (unpaired) electrons. The van der Waals surface area contributed by atoms with Crippen LogP contribution in [0.15, 0.2) is 34.9 Å². The molecule has 5 heteroatoms. The van der Waals surface area contributed by atoms with Crippen molar-refractivity contribution in [3.63, 3.8) is 0 Å². The molecule has 0 saturated carbocycles. The standard InChI is InChI=1S/C14H18N2O3/c1-15-12(14(17)18)13(16(2)3)10-8-19-11-7-5-4-6-9(10)11/h4-8,12-13,15H,1-3H3,(H,17,18). The summed E-state index contributed by atoms with van der Waals surface area (Å²) in [5, 5.41) is 13.1. The number of fused-ring (bicyclic) bond motifs is 1. The lowest BCUT2D eigenvalue weighted by Crippen LogP contribution is -2.45. The summed E-state index contributed by atoms with van der Waals surface area (Å²) < 4.78 is 5.51. The maximum absolute atomic E-state index is 11.4. The molecule has 0 saturated heterocycles. The summed E-state index contributed by atoms with van der Waals surface area (Å²) in [6, 6.07) is 6.64. The molecule has 2 aromatic rings. The summed E-state index contributed by atoms with van der Waals surface area (Å²) in [4.78, 5) is 13.3. The van der Waals surface area contributed by atoms with E-state index in [1.54, 1.807) is 13.3 Å². The number of para-hydroxylation sites is 1. The molecule has 2 N–H and O–H groups in total. The fourth-order valence-corrected chi connectivity index (χ4v) is 2.40. The van der Waals surface area contributed by atoms with Gasteiger partial charge < -0.3 is 19.7 Å². The molecule has 5 nitrogen and oxygen atoms in total. The Balaban J connectivity index is 2.53. The van der Waals surface area contributed by atoms with Crippen molar-refractivity contribution in [2.24, 2.45) is 0 Å². The fourth-order valence-electron chi connectivity index (χ4n) is 2.40. The highest BCUT2D eigenvalue weighted by Crippen LogP contribution is 2.31. The van der Waals surface area contributed by atoms with Crippen molar-refractivity contribution in [1.82, 2.24) is 10.2 Å². The van der Waals surface area contributed by atoms with Crippen molar-refractivity contribution < 1.29 is 14.3 Å². The molecule has 19 heavy (non-hydrogen) atoms. The van der Waals surface area contributed by atoms with E-state index in [1.807, 2.05) is 43.3 Å². The Hall–Kier alpha value is -1.85. The lowest BCUT2D eigenvalue weighted by Gasteiger charge is -2.29. The van der Waals surface area contributed by atoms with Crippen LogP contribution in [-0.2, 0) is 4.79 Å². The van der Waals surface area contributed by atoms with E-state index in [1.165, 1.54) is 0 Å². The van der Waals surface area contributed by atoms with Gasteiger partial charge >= 0.3 is 5.97 Å². The first-order valence-electron chi connectivity index (χ1n) is 6.09. The number of carboxylic acids is 1. The van der Waals surface area contributed by atoms with Crippen LogP contribution >= 0.6 is 0 Å². The van der Waals surface area contributed by atoms with Gasteiger partial charge in [0.15, 0.2) is 0 Å². The predicted molar refractivity (Wildman–Crippen MR) is 73.1 cm³/mol. The van der Waals surface area contributed by atoms with Gasteiger partial charge in [-0.15, -0.1) is 0 Å². The van der Waals surface area contributed by atoms with Crippen LogP contribution in [0.4, 0.5) is 0 Å². The number of carboxylic acid groups (broad SMARTS) is 1. The van der Waals surface area contributed by atoms with Gasteiger partial charge in [-0.05, 0) is 27.2 Å². The summed E-state index contributed by atoms with van der Waals surface area (Å²) in [7, 11) is 5.37. The van der Waals surface area contributed by atoms with Crippen LogP contribution in [-0.4, -0.2) is 43.2 Å². The second-order valence-electron chi connectivity index (χ2n) is 4.70. The summed E-state index contributed by atoms with van der Waals surface area (Å²) >= 11 is 0. The Morgan fingerprint density at radius 2 is 2.05 bits per heavy atom. The van der Waals surface area contributed by atoms with Crippen molar-refractivity contribution in [3.05, 3.63) is 36.1 Å². The number of carbonyl (C=O) groups is 1. The summed E-state index contributed by atoms with van der Waals surface area (Å²) in [5.41, 5.74) is 1.65. The Morgan fingerprint density at radius 3 is 2.63 bits per heavy atom. The maximum Gasteiger partial charge on any atom is 0.322 e. The van der Waals surface area contributed by atoms with Gasteiger partial charge in [0, 0.05) is 10.9 Å². The lowest BCUT2D eigenvalue weighted by molar-refractivity contribution is -0.141. The van der Waals surface area contributed by atoms with Gasteiger partial charge in [-0.3, -0.25) is 4.79 Å². The topological polar surface area (TPSA) is 65.7 Å². The van der Waals surface area contributed by atoms with Gasteiger partial charge in [0.2, 0.25) is 0 Å². The lowest BCUT2D eigenvalue weighted by atomic mass is 9.97. The molecule has 1 heterocycles. The van der Waals surface area contributed by atoms with Crippen LogP contribution in [0.25, 0.3) is 11.0 Å². The van der Waals surface area contributed by atoms with E-state index in [0.29, 0.717) is 0 Å². The van der Waals surface area contributed by atoms with Crippen LogP contribution in [0, 0.1) is 0 Å². The Bertz CT molecular complexity index is 577. The zero-order valence-corrected chi connectivity index (χ0v) is 11.3. The van der Waals surface area contributed by atoms with E-state index in [9.17, 15) is 9.90 Å². The summed E-state index contributed by atoms with van der Waals surface area (Å²) in [5.74, 6) is -0.883. The minimum absolute atomic E-state index is 0.300. The van der Waals surface area contributed by atoms with E-state index in [2.05, 4.69) is 5.32 Å². The highest BCUT2D eigenvalue weighted by molar-refractivity contribution is 5.83. The third-order valence-electron chi connectivity index (χ3n) is 3.28. The first-order chi connectivity index (χ1) is 9.06. The van der Waals surface area contributed by atoms with Crippen molar-refractivity contribution in [3.8, 4) is 0 Å². The van der Waals surface area contributed by atoms with Crippen LogP contribution in [0.2, 0.25) is 0 Å². The molecular weight excluding hydrogens is 244 g/mol. The normalized spacial score (nSPS) is 14.7. The van der Waals surface area contributed by atoms with E-state index in [-0.39, 0.29) is 6.04 Å². The quantitative estimate of drug-likeness (QED) is 0.858. The molecule has 0 bridgehead atoms. The first-order valence-corrected chi connectivity index (χ1v) is 6.09. The van der Waals surface area contributed by atoms with Crippen LogP contribution in [0.5, 0.6) is 0 Å². The molecule has 0 aliphatic carbocycles. The zero-order chi connectivity index (χ0) is 14.0. The number of nitrogens with one attached hydrogen (secondary N) is 1. The van der Waals surface area contributed by atoms with Crippen LogP contribution in [0.1, 0.15) is 11.6 Å². The maximum atomic E-state index is 11.4. The number of rotatable bonds is 5. The van der Waals surface area contributed by atoms with Crippen molar-refractivity contribution >= 4 is 16.9 Å². The smallest absolute Gasteiger partial charge is 0.322 e. The highest BCUT2D eigenvalue weighted by atomic mass is 16.4. The van der Waals surface area contributed by atoms with Crippen molar-refractivity contribution in [2.45, 2.75) is 12.1 Å². The van der Waals surface area contributed by atoms with E-state index in [0.717, 1.165) is 16.5 Å². The van der Waals surface area contributed by atoms with E-state index >= 15 is 0 Å². The van der Waals surface area contributed by atoms with Crippen LogP contribution in [0.3, 0.4) is 0 Å². The third kappa shape index (κ3) is 2.47. The summed E-state index contributed by atoms with van der Waals surface area (Å²) in [6.45, 7) is 0. The number of hydrogen-bond donors (Lipinski definition) is 2. The first kappa shape index (κ1) is 13.6. The van der Waals surface area contributed by atoms with Gasteiger partial charge in [-0.2, -0.15) is 0 Å². The summed E-state index contributed by atoms with van der Waals surface area (Å²) in [6.07, 6.45) is 1.64. The molecule has 0 fully saturated rings. The van der Waals surface area contributed by atoms with Crippen LogP contribution < -0.4 is 5.32 Å². The SMILES string of the molecule is CNC(C(=O)O)C(c1coc2ccccc12)N(C)C. The average molecular weight is 262 g/mol. The number of likely N-dealkylation sites (N-methyl/N-ethyl adjacent to an activating group) is 2. The number of aliphatic carboxylic acids is 1. The van der Waals surface area contributed by atoms with Gasteiger partial charge in [0.25, 0.3) is 0 Å². The number of nitrogens with zero attached hydrogens (tertiary/aromatic N) is 1. The fraction of sp³-hybridized carbons (Fsp3) is 0.357. The molecule has 1 aromatic heterocycles. The highest BCUT2D eigenvalue weighted by Gasteiger charge is 2.32. The van der Waals surface area contributed by atoms with Crippen molar-refractivity contribution in [1.29, 1.82) is 0 Å².